The SMILES string of the molecule is CC(C)(C)[S+]([O-])N=C(C[C@@H](CC(=O)O)C(F)(F)F)c1ccc(F)cc1. The molecule has 0 aliphatic heterocycles. The van der Waals surface area contributed by atoms with Gasteiger partial charge in [0.15, 0.2) is 0 Å². The minimum atomic E-state index is -4.76. The van der Waals surface area contributed by atoms with Gasteiger partial charge >= 0.3 is 12.1 Å². The van der Waals surface area contributed by atoms with E-state index < -0.39 is 52.8 Å². The molecule has 1 aromatic carbocycles. The predicted molar refractivity (Wildman–Crippen MR) is 87.2 cm³/mol. The molecule has 2 atom stereocenters. The first-order valence-corrected chi connectivity index (χ1v) is 8.45. The van der Waals surface area contributed by atoms with Crippen molar-refractivity contribution in [3.05, 3.63) is 35.6 Å². The van der Waals surface area contributed by atoms with Crippen molar-refractivity contribution in [1.82, 2.24) is 0 Å². The van der Waals surface area contributed by atoms with Gasteiger partial charge in [0.2, 0.25) is 0 Å². The zero-order valence-electron chi connectivity index (χ0n) is 13.9. The first kappa shape index (κ1) is 21.4. The van der Waals surface area contributed by atoms with Gasteiger partial charge in [-0.05, 0) is 32.9 Å². The molecule has 0 heterocycles. The summed E-state index contributed by atoms with van der Waals surface area (Å²) in [4.78, 5) is 10.8. The van der Waals surface area contributed by atoms with E-state index in [2.05, 4.69) is 4.40 Å². The third kappa shape index (κ3) is 7.03. The van der Waals surface area contributed by atoms with E-state index in [4.69, 9.17) is 5.11 Å². The van der Waals surface area contributed by atoms with E-state index in [9.17, 15) is 26.9 Å². The van der Waals surface area contributed by atoms with E-state index in [0.717, 1.165) is 12.1 Å². The van der Waals surface area contributed by atoms with Gasteiger partial charge in [-0.15, -0.1) is 0 Å². The Balaban J connectivity index is 3.27. The van der Waals surface area contributed by atoms with E-state index in [-0.39, 0.29) is 11.3 Å². The molecule has 0 saturated carbocycles. The molecule has 25 heavy (non-hydrogen) atoms. The molecule has 4 nitrogen and oxygen atoms in total. The van der Waals surface area contributed by atoms with Gasteiger partial charge in [0.1, 0.15) is 21.9 Å². The Labute approximate surface area is 146 Å². The minimum absolute atomic E-state index is 0.165. The van der Waals surface area contributed by atoms with E-state index in [0.29, 0.717) is 0 Å². The van der Waals surface area contributed by atoms with Crippen molar-refractivity contribution >= 4 is 23.0 Å². The summed E-state index contributed by atoms with van der Waals surface area (Å²) in [5, 5.41) is 8.73. The molecule has 0 bridgehead atoms. The summed E-state index contributed by atoms with van der Waals surface area (Å²) in [7, 11) is 0. The fourth-order valence-electron chi connectivity index (χ4n) is 1.83. The van der Waals surface area contributed by atoms with E-state index in [1.807, 2.05) is 0 Å². The number of hydrogen-bond acceptors (Lipinski definition) is 3. The van der Waals surface area contributed by atoms with E-state index in [1.165, 1.54) is 12.1 Å². The maximum Gasteiger partial charge on any atom is 0.392 e. The summed E-state index contributed by atoms with van der Waals surface area (Å²) in [6.07, 6.45) is -6.66. The molecule has 0 fully saturated rings. The van der Waals surface area contributed by atoms with Crippen LogP contribution in [0.15, 0.2) is 28.7 Å². The summed E-state index contributed by atoms with van der Waals surface area (Å²) in [6, 6.07) is 4.54. The quantitative estimate of drug-likeness (QED) is 0.458. The van der Waals surface area contributed by atoms with Crippen LogP contribution in [0.4, 0.5) is 17.6 Å². The number of hydrogen-bond donors (Lipinski definition) is 1. The van der Waals surface area contributed by atoms with Crippen LogP contribution in [-0.2, 0) is 16.2 Å². The molecule has 1 rings (SSSR count). The molecule has 0 radical (unpaired) electrons. The van der Waals surface area contributed by atoms with Gasteiger partial charge in [-0.3, -0.25) is 4.79 Å². The fourth-order valence-corrected chi connectivity index (χ4v) is 2.49. The number of nitrogens with zero attached hydrogens (tertiary/aromatic N) is 1. The summed E-state index contributed by atoms with van der Waals surface area (Å²) < 4.78 is 67.8. The Morgan fingerprint density at radius 3 is 2.12 bits per heavy atom. The third-order valence-electron chi connectivity index (χ3n) is 3.22. The highest BCUT2D eigenvalue weighted by molar-refractivity contribution is 7.91. The van der Waals surface area contributed by atoms with Gasteiger partial charge in [-0.25, -0.2) is 4.39 Å². The Bertz CT molecular complexity index is 624. The van der Waals surface area contributed by atoms with Gasteiger partial charge in [-0.2, -0.15) is 13.2 Å². The summed E-state index contributed by atoms with van der Waals surface area (Å²) in [6.45, 7) is 4.81. The molecule has 0 amide bonds. The highest BCUT2D eigenvalue weighted by Gasteiger charge is 2.42. The minimum Gasteiger partial charge on any atom is -0.591 e. The van der Waals surface area contributed by atoms with Crippen LogP contribution in [0.3, 0.4) is 0 Å². The first-order chi connectivity index (χ1) is 11.3. The average molecular weight is 381 g/mol. The Morgan fingerprint density at radius 1 is 1.20 bits per heavy atom. The van der Waals surface area contributed by atoms with Crippen molar-refractivity contribution in [2.75, 3.05) is 0 Å². The van der Waals surface area contributed by atoms with Gasteiger partial charge in [0.25, 0.3) is 0 Å². The van der Waals surface area contributed by atoms with Crippen LogP contribution >= 0.6 is 0 Å². The van der Waals surface area contributed by atoms with E-state index in [1.54, 1.807) is 20.8 Å². The molecule has 0 spiro atoms. The number of alkyl halides is 3. The smallest absolute Gasteiger partial charge is 0.392 e. The molecule has 0 saturated heterocycles. The predicted octanol–water partition coefficient (Wildman–Crippen LogP) is 4.12. The number of benzene rings is 1. The maximum absolute atomic E-state index is 13.1. The maximum atomic E-state index is 13.1. The van der Waals surface area contributed by atoms with Crippen LogP contribution in [0.25, 0.3) is 0 Å². The number of carbonyl (C=O) groups is 1. The van der Waals surface area contributed by atoms with E-state index >= 15 is 0 Å². The second-order valence-corrected chi connectivity index (χ2v) is 8.35. The van der Waals surface area contributed by atoms with Crippen molar-refractivity contribution in [2.45, 2.75) is 44.5 Å². The molecule has 1 aromatic rings. The Kier molecular flexibility index (Phi) is 7.01. The lowest BCUT2D eigenvalue weighted by molar-refractivity contribution is -0.181. The van der Waals surface area contributed by atoms with Crippen molar-refractivity contribution in [3.8, 4) is 0 Å². The van der Waals surface area contributed by atoms with Crippen LogP contribution in [0, 0.1) is 11.7 Å². The highest BCUT2D eigenvalue weighted by Crippen LogP contribution is 2.33. The molecule has 1 unspecified atom stereocenters. The number of carboxylic acids is 1. The normalized spacial score (nSPS) is 15.8. The monoisotopic (exact) mass is 381 g/mol. The second-order valence-electron chi connectivity index (χ2n) is 6.45. The highest BCUT2D eigenvalue weighted by atomic mass is 32.2. The lowest BCUT2D eigenvalue weighted by Crippen LogP contribution is -2.30. The standard InChI is InChI=1S/C16H19F4NO3S/c1-15(2,3)25(24)21-13(10-4-6-12(17)7-5-10)8-11(9-14(22)23)16(18,19)20/h4-7,11H,8-9H2,1-3H3,(H,22,23)/t11-,25?/m0/s1. The number of halogens is 4. The van der Waals surface area contributed by atoms with Crippen LogP contribution in [0.2, 0.25) is 0 Å². The van der Waals surface area contributed by atoms with Gasteiger partial charge in [-0.1, -0.05) is 16.5 Å². The molecule has 1 N–H and O–H groups in total. The number of carboxylic acid groups (broad SMARTS) is 1. The lowest BCUT2D eigenvalue weighted by atomic mass is 9.94. The topological polar surface area (TPSA) is 72.7 Å². The van der Waals surface area contributed by atoms with Crippen molar-refractivity contribution < 1.29 is 32.0 Å². The summed E-state index contributed by atoms with van der Waals surface area (Å²) in [5.74, 6) is -4.37. The summed E-state index contributed by atoms with van der Waals surface area (Å²) >= 11 is -1.85. The van der Waals surface area contributed by atoms with Gasteiger partial charge in [0, 0.05) is 12.0 Å². The molecule has 0 aliphatic rings. The zero-order chi connectivity index (χ0) is 19.4. The average Bonchev–Trinajstić information content (AvgIpc) is 2.44. The first-order valence-electron chi connectivity index (χ1n) is 7.34. The largest absolute Gasteiger partial charge is 0.591 e. The fraction of sp³-hybridized carbons (Fsp3) is 0.500. The molecular weight excluding hydrogens is 362 g/mol. The lowest BCUT2D eigenvalue weighted by Gasteiger charge is -2.22. The second kappa shape index (κ2) is 8.18. The molecule has 0 aliphatic carbocycles. The van der Waals surface area contributed by atoms with Crippen LogP contribution in [-0.4, -0.2) is 32.3 Å². The Hall–Kier alpha value is -1.61. The van der Waals surface area contributed by atoms with Crippen LogP contribution < -0.4 is 0 Å². The van der Waals surface area contributed by atoms with Gasteiger partial charge in [0.05, 0.1) is 18.1 Å². The van der Waals surface area contributed by atoms with Crippen molar-refractivity contribution in [1.29, 1.82) is 0 Å². The molecule has 140 valence electrons. The van der Waals surface area contributed by atoms with Gasteiger partial charge < -0.3 is 9.66 Å². The molecular formula is C16H19F4NO3S. The van der Waals surface area contributed by atoms with Crippen LogP contribution in [0.1, 0.15) is 39.2 Å². The van der Waals surface area contributed by atoms with Crippen LogP contribution in [0.5, 0.6) is 0 Å². The van der Waals surface area contributed by atoms with Crippen molar-refractivity contribution in [2.24, 2.45) is 10.3 Å². The molecule has 9 heteroatoms. The number of rotatable bonds is 6. The molecule has 0 aromatic heterocycles. The number of aliphatic carboxylic acids is 1. The van der Waals surface area contributed by atoms with Crippen molar-refractivity contribution in [3.63, 3.8) is 0 Å². The zero-order valence-corrected chi connectivity index (χ0v) is 14.7. The third-order valence-corrected chi connectivity index (χ3v) is 4.65. The summed E-state index contributed by atoms with van der Waals surface area (Å²) in [5.41, 5.74) is -0.00419. The Morgan fingerprint density at radius 2 is 1.72 bits per heavy atom.